The van der Waals surface area contributed by atoms with Crippen LogP contribution in [0.1, 0.15) is 15.9 Å². The Balaban J connectivity index is 2.04. The van der Waals surface area contributed by atoms with Crippen LogP contribution in [0.5, 0.6) is 0 Å². The second kappa shape index (κ2) is 7.20. The van der Waals surface area contributed by atoms with Crippen LogP contribution in [0.3, 0.4) is 0 Å². The first-order valence-corrected chi connectivity index (χ1v) is 6.88. The van der Waals surface area contributed by atoms with Crippen molar-refractivity contribution in [1.29, 1.82) is 0 Å². The summed E-state index contributed by atoms with van der Waals surface area (Å²) >= 11 is 5.65. The van der Waals surface area contributed by atoms with Crippen LogP contribution >= 0.6 is 11.6 Å². The maximum Gasteiger partial charge on any atom is 0.251 e. The molecule has 0 saturated carbocycles. The zero-order valence-electron chi connectivity index (χ0n) is 11.2. The van der Waals surface area contributed by atoms with Crippen LogP contribution in [0.15, 0.2) is 48.5 Å². The van der Waals surface area contributed by atoms with Crippen molar-refractivity contribution in [3.63, 3.8) is 0 Å². The smallest absolute Gasteiger partial charge is 0.251 e. The molecule has 0 bridgehead atoms. The molecule has 0 heterocycles. The fourth-order valence-corrected chi connectivity index (χ4v) is 2.15. The van der Waals surface area contributed by atoms with Gasteiger partial charge in [-0.15, -0.1) is 0 Å². The summed E-state index contributed by atoms with van der Waals surface area (Å²) in [6.07, 6.45) is 0.512. The molecule has 2 aromatic rings. The van der Waals surface area contributed by atoms with E-state index in [-0.39, 0.29) is 17.2 Å². The molecule has 0 unspecified atom stereocenters. The van der Waals surface area contributed by atoms with Crippen LogP contribution in [0.25, 0.3) is 0 Å². The molecule has 0 radical (unpaired) electrons. The van der Waals surface area contributed by atoms with Gasteiger partial charge in [0.05, 0.1) is 17.7 Å². The standard InChI is InChI=1S/C16H15ClFNO2/c17-14-9-12(6-7-15(14)18)16(21)19-13(10-20)8-11-4-2-1-3-5-11/h1-7,9,13,20H,8,10H2,(H,19,21)/t13-/m1/s1. The Bertz CT molecular complexity index is 619. The molecule has 1 atom stereocenters. The van der Waals surface area contributed by atoms with Gasteiger partial charge < -0.3 is 10.4 Å². The summed E-state index contributed by atoms with van der Waals surface area (Å²) in [6, 6.07) is 12.9. The predicted octanol–water partition coefficient (Wildman–Crippen LogP) is 2.81. The SMILES string of the molecule is O=C(N[C@@H](CO)Cc1ccccc1)c1ccc(F)c(Cl)c1. The Kier molecular flexibility index (Phi) is 5.31. The van der Waals surface area contributed by atoms with Crippen LogP contribution in [-0.4, -0.2) is 23.7 Å². The number of rotatable bonds is 5. The average molecular weight is 308 g/mol. The summed E-state index contributed by atoms with van der Waals surface area (Å²) < 4.78 is 13.1. The van der Waals surface area contributed by atoms with Gasteiger partial charge in [-0.1, -0.05) is 41.9 Å². The van der Waals surface area contributed by atoms with E-state index >= 15 is 0 Å². The molecule has 110 valence electrons. The lowest BCUT2D eigenvalue weighted by Gasteiger charge is -2.16. The van der Waals surface area contributed by atoms with Gasteiger partial charge in [-0.2, -0.15) is 0 Å². The van der Waals surface area contributed by atoms with Gasteiger partial charge in [0, 0.05) is 5.56 Å². The van der Waals surface area contributed by atoms with Gasteiger partial charge in [0.25, 0.3) is 5.91 Å². The van der Waals surface area contributed by atoms with Gasteiger partial charge in [0.1, 0.15) is 5.82 Å². The fourth-order valence-electron chi connectivity index (χ4n) is 1.97. The molecule has 0 saturated heterocycles. The van der Waals surface area contributed by atoms with E-state index in [4.69, 9.17) is 11.6 Å². The van der Waals surface area contributed by atoms with Crippen molar-refractivity contribution in [3.8, 4) is 0 Å². The van der Waals surface area contributed by atoms with Crippen molar-refractivity contribution in [2.45, 2.75) is 12.5 Å². The highest BCUT2D eigenvalue weighted by Crippen LogP contribution is 2.16. The lowest BCUT2D eigenvalue weighted by Crippen LogP contribution is -2.39. The quantitative estimate of drug-likeness (QED) is 0.892. The highest BCUT2D eigenvalue weighted by Gasteiger charge is 2.14. The number of hydrogen-bond donors (Lipinski definition) is 2. The number of aliphatic hydroxyl groups is 1. The zero-order chi connectivity index (χ0) is 15.2. The van der Waals surface area contributed by atoms with Crippen molar-refractivity contribution in [2.24, 2.45) is 0 Å². The second-order valence-corrected chi connectivity index (χ2v) is 5.08. The molecule has 2 rings (SSSR count). The lowest BCUT2D eigenvalue weighted by atomic mass is 10.1. The van der Waals surface area contributed by atoms with E-state index in [9.17, 15) is 14.3 Å². The minimum absolute atomic E-state index is 0.105. The van der Waals surface area contributed by atoms with E-state index in [1.165, 1.54) is 12.1 Å². The molecule has 2 aromatic carbocycles. The molecule has 0 aliphatic rings. The summed E-state index contributed by atoms with van der Waals surface area (Å²) in [7, 11) is 0. The number of amides is 1. The fraction of sp³-hybridized carbons (Fsp3) is 0.188. The summed E-state index contributed by atoms with van der Waals surface area (Å²) in [6.45, 7) is -0.185. The molecule has 21 heavy (non-hydrogen) atoms. The first-order chi connectivity index (χ1) is 10.1. The van der Waals surface area contributed by atoms with Crippen molar-refractivity contribution >= 4 is 17.5 Å². The number of aliphatic hydroxyl groups excluding tert-OH is 1. The molecule has 0 aliphatic carbocycles. The monoisotopic (exact) mass is 307 g/mol. The van der Waals surface area contributed by atoms with Crippen LogP contribution < -0.4 is 5.32 Å². The van der Waals surface area contributed by atoms with Crippen molar-refractivity contribution < 1.29 is 14.3 Å². The Hall–Kier alpha value is -1.91. The van der Waals surface area contributed by atoms with Crippen LogP contribution in [0.4, 0.5) is 4.39 Å². The van der Waals surface area contributed by atoms with E-state index in [1.54, 1.807) is 0 Å². The van der Waals surface area contributed by atoms with Gasteiger partial charge in [-0.25, -0.2) is 4.39 Å². The van der Waals surface area contributed by atoms with Crippen LogP contribution in [0, 0.1) is 5.82 Å². The summed E-state index contributed by atoms with van der Waals surface area (Å²) in [5.74, 6) is -0.969. The van der Waals surface area contributed by atoms with Crippen LogP contribution in [0.2, 0.25) is 5.02 Å². The highest BCUT2D eigenvalue weighted by atomic mass is 35.5. The number of hydrogen-bond acceptors (Lipinski definition) is 2. The summed E-state index contributed by atoms with van der Waals surface area (Å²) in [5.41, 5.74) is 1.27. The van der Waals surface area contributed by atoms with Crippen molar-refractivity contribution in [3.05, 3.63) is 70.5 Å². The molecule has 0 aliphatic heterocycles. The largest absolute Gasteiger partial charge is 0.394 e. The molecule has 2 N–H and O–H groups in total. The molecule has 1 amide bonds. The van der Waals surface area contributed by atoms with Crippen molar-refractivity contribution in [1.82, 2.24) is 5.32 Å². The predicted molar refractivity (Wildman–Crippen MR) is 79.9 cm³/mol. The number of carbonyl (C=O) groups is 1. The van der Waals surface area contributed by atoms with E-state index in [0.717, 1.165) is 11.6 Å². The summed E-state index contributed by atoms with van der Waals surface area (Å²) in [4.78, 5) is 12.1. The van der Waals surface area contributed by atoms with Gasteiger partial charge in [-0.3, -0.25) is 4.79 Å². The topological polar surface area (TPSA) is 49.3 Å². The minimum atomic E-state index is -0.573. The third kappa shape index (κ3) is 4.28. The maximum atomic E-state index is 13.1. The third-order valence-corrected chi connectivity index (χ3v) is 3.35. The third-order valence-electron chi connectivity index (χ3n) is 3.06. The minimum Gasteiger partial charge on any atom is -0.394 e. The van der Waals surface area contributed by atoms with E-state index in [2.05, 4.69) is 5.32 Å². The summed E-state index contributed by atoms with van der Waals surface area (Å²) in [5, 5.41) is 12.0. The molecule has 0 fully saturated rings. The maximum absolute atomic E-state index is 13.1. The number of benzene rings is 2. The number of nitrogens with one attached hydrogen (secondary N) is 1. The van der Waals surface area contributed by atoms with Gasteiger partial charge in [0.2, 0.25) is 0 Å². The first-order valence-electron chi connectivity index (χ1n) is 6.51. The van der Waals surface area contributed by atoms with Crippen molar-refractivity contribution in [2.75, 3.05) is 6.61 Å². The Morgan fingerprint density at radius 2 is 1.95 bits per heavy atom. The lowest BCUT2D eigenvalue weighted by molar-refractivity contribution is 0.0916. The average Bonchev–Trinajstić information content (AvgIpc) is 2.50. The molecular weight excluding hydrogens is 293 g/mol. The highest BCUT2D eigenvalue weighted by molar-refractivity contribution is 6.31. The molecule has 0 aromatic heterocycles. The first kappa shape index (κ1) is 15.5. The Labute approximate surface area is 127 Å². The molecule has 3 nitrogen and oxygen atoms in total. The Morgan fingerprint density at radius 3 is 2.57 bits per heavy atom. The number of halogens is 2. The van der Waals surface area contributed by atoms with Gasteiger partial charge in [-0.05, 0) is 30.2 Å². The van der Waals surface area contributed by atoms with Gasteiger partial charge >= 0.3 is 0 Å². The molecule has 0 spiro atoms. The van der Waals surface area contributed by atoms with E-state index in [1.807, 2.05) is 30.3 Å². The molecule has 5 heteroatoms. The van der Waals surface area contributed by atoms with Crippen LogP contribution in [-0.2, 0) is 6.42 Å². The normalized spacial score (nSPS) is 12.0. The van der Waals surface area contributed by atoms with E-state index in [0.29, 0.717) is 6.42 Å². The van der Waals surface area contributed by atoms with Gasteiger partial charge in [0.15, 0.2) is 0 Å². The second-order valence-electron chi connectivity index (χ2n) is 4.67. The van der Waals surface area contributed by atoms with E-state index < -0.39 is 17.8 Å². The zero-order valence-corrected chi connectivity index (χ0v) is 12.0. The molecular formula is C16H15ClFNO2. The number of carbonyl (C=O) groups excluding carboxylic acids is 1. The Morgan fingerprint density at radius 1 is 1.24 bits per heavy atom.